The zero-order valence-electron chi connectivity index (χ0n) is 26.8. The molecule has 0 aliphatic heterocycles. The van der Waals surface area contributed by atoms with E-state index in [0.717, 1.165) is 39.1 Å². The van der Waals surface area contributed by atoms with Crippen LogP contribution >= 0.6 is 0 Å². The van der Waals surface area contributed by atoms with Crippen LogP contribution in [-0.4, -0.2) is 14.5 Å². The number of para-hydroxylation sites is 3. The van der Waals surface area contributed by atoms with Gasteiger partial charge in [0.2, 0.25) is 0 Å². The van der Waals surface area contributed by atoms with Crippen LogP contribution in [0.2, 0.25) is 0 Å². The molecule has 0 atom stereocenters. The molecule has 0 saturated carbocycles. The van der Waals surface area contributed by atoms with E-state index in [9.17, 15) is 0 Å². The van der Waals surface area contributed by atoms with Crippen LogP contribution in [0.15, 0.2) is 152 Å². The Morgan fingerprint density at radius 2 is 1.15 bits per heavy atom. The molecule has 0 saturated heterocycles. The first kappa shape index (κ1) is 27.1. The highest BCUT2D eigenvalue weighted by Gasteiger charge is 2.37. The van der Waals surface area contributed by atoms with Crippen molar-refractivity contribution in [2.75, 3.05) is 0 Å². The van der Waals surface area contributed by atoms with Crippen molar-refractivity contribution in [3.63, 3.8) is 0 Å². The number of fused-ring (bicyclic) bond motifs is 9. The Morgan fingerprint density at radius 1 is 0.500 bits per heavy atom. The van der Waals surface area contributed by atoms with Gasteiger partial charge in [-0.15, -0.1) is 0 Å². The third kappa shape index (κ3) is 3.70. The minimum absolute atomic E-state index is 0.0942. The topological polar surface area (TPSA) is 30.7 Å². The molecule has 0 unspecified atom stereocenters. The molecule has 226 valence electrons. The quantitative estimate of drug-likeness (QED) is 0.198. The van der Waals surface area contributed by atoms with E-state index in [-0.39, 0.29) is 5.41 Å². The van der Waals surface area contributed by atoms with Crippen molar-refractivity contribution in [1.29, 1.82) is 0 Å². The van der Waals surface area contributed by atoms with E-state index in [1.807, 2.05) is 12.1 Å². The molecule has 3 heteroatoms. The molecule has 1 aliphatic carbocycles. The van der Waals surface area contributed by atoms with Crippen LogP contribution in [0.25, 0.3) is 82.9 Å². The lowest BCUT2D eigenvalue weighted by Gasteiger charge is -2.21. The summed E-state index contributed by atoms with van der Waals surface area (Å²) in [6, 6.07) is 54.4. The maximum absolute atomic E-state index is 5.44. The summed E-state index contributed by atoms with van der Waals surface area (Å²) in [7, 11) is 0. The molecule has 48 heavy (non-hydrogen) atoms. The van der Waals surface area contributed by atoms with Gasteiger partial charge in [-0.3, -0.25) is 4.57 Å². The molecule has 0 bridgehead atoms. The van der Waals surface area contributed by atoms with Crippen LogP contribution in [0.3, 0.4) is 0 Å². The van der Waals surface area contributed by atoms with Crippen LogP contribution in [0, 0.1) is 0 Å². The standard InChI is InChI=1S/C45H31N3/c1-45(2)35-22-9-8-18-33(35)40-31(19-13-23-36(40)45)32-20-12-21-34-41-30-17-7-6-14-28(30)26-27-39(41)48(43(32)34)44-42(29-15-4-3-5-16-29)46-37-24-10-11-25-38(37)47-44/h3-27H,1-2H3. The van der Waals surface area contributed by atoms with Gasteiger partial charge in [0.25, 0.3) is 0 Å². The molecule has 0 radical (unpaired) electrons. The van der Waals surface area contributed by atoms with Crippen LogP contribution in [0.5, 0.6) is 0 Å². The van der Waals surface area contributed by atoms with Crippen LogP contribution in [0.1, 0.15) is 25.0 Å². The van der Waals surface area contributed by atoms with Gasteiger partial charge in [0.05, 0.1) is 22.1 Å². The first-order valence-electron chi connectivity index (χ1n) is 16.6. The monoisotopic (exact) mass is 613 g/mol. The molecule has 0 spiro atoms. The highest BCUT2D eigenvalue weighted by molar-refractivity contribution is 6.24. The molecule has 0 amide bonds. The SMILES string of the molecule is CC1(C)c2ccccc2-c2c(-c3cccc4c5c6ccccc6ccc5n(-c5nc6ccccc6nc5-c5ccccc5)c34)cccc21. The number of rotatable bonds is 3. The van der Waals surface area contributed by atoms with Gasteiger partial charge in [0.1, 0.15) is 5.69 Å². The van der Waals surface area contributed by atoms with E-state index in [1.165, 1.54) is 54.9 Å². The first-order valence-corrected chi connectivity index (χ1v) is 16.6. The lowest BCUT2D eigenvalue weighted by atomic mass is 9.82. The summed E-state index contributed by atoms with van der Waals surface area (Å²) in [5, 5.41) is 4.89. The number of nitrogens with zero attached hydrogens (tertiary/aromatic N) is 3. The van der Waals surface area contributed by atoms with Crippen molar-refractivity contribution >= 4 is 43.6 Å². The van der Waals surface area contributed by atoms with Gasteiger partial charge in [-0.1, -0.05) is 147 Å². The Bertz CT molecular complexity index is 2750. The molecule has 3 nitrogen and oxygen atoms in total. The summed E-state index contributed by atoms with van der Waals surface area (Å²) in [6.45, 7) is 4.70. The second-order valence-electron chi connectivity index (χ2n) is 13.4. The fourth-order valence-electron chi connectivity index (χ4n) is 8.19. The minimum atomic E-state index is -0.0942. The van der Waals surface area contributed by atoms with Crippen molar-refractivity contribution in [3.05, 3.63) is 163 Å². The first-order chi connectivity index (χ1) is 23.6. The zero-order valence-corrected chi connectivity index (χ0v) is 26.8. The summed E-state index contributed by atoms with van der Waals surface area (Å²) >= 11 is 0. The van der Waals surface area contributed by atoms with E-state index in [1.54, 1.807) is 0 Å². The molecular formula is C45H31N3. The Hall–Kier alpha value is -6.06. The van der Waals surface area contributed by atoms with E-state index < -0.39 is 0 Å². The van der Waals surface area contributed by atoms with Gasteiger partial charge < -0.3 is 0 Å². The predicted octanol–water partition coefficient (Wildman–Crippen LogP) is 11.5. The van der Waals surface area contributed by atoms with Gasteiger partial charge >= 0.3 is 0 Å². The Morgan fingerprint density at radius 3 is 2.02 bits per heavy atom. The average molecular weight is 614 g/mol. The third-order valence-corrected chi connectivity index (χ3v) is 10.4. The fourth-order valence-corrected chi connectivity index (χ4v) is 8.19. The van der Waals surface area contributed by atoms with Crippen molar-refractivity contribution in [3.8, 4) is 39.3 Å². The van der Waals surface area contributed by atoms with Crippen molar-refractivity contribution in [1.82, 2.24) is 14.5 Å². The Labute approximate surface area is 278 Å². The molecule has 10 rings (SSSR count). The summed E-state index contributed by atoms with van der Waals surface area (Å²) in [5.74, 6) is 0.830. The van der Waals surface area contributed by atoms with Crippen LogP contribution < -0.4 is 0 Å². The third-order valence-electron chi connectivity index (χ3n) is 10.4. The van der Waals surface area contributed by atoms with Gasteiger partial charge in [-0.25, -0.2) is 9.97 Å². The molecule has 7 aromatic carbocycles. The van der Waals surface area contributed by atoms with E-state index in [2.05, 4.69) is 158 Å². The summed E-state index contributed by atoms with van der Waals surface area (Å²) in [5.41, 5.74) is 13.6. The zero-order chi connectivity index (χ0) is 32.0. The van der Waals surface area contributed by atoms with Crippen molar-refractivity contribution < 1.29 is 0 Å². The van der Waals surface area contributed by atoms with E-state index in [4.69, 9.17) is 9.97 Å². The highest BCUT2D eigenvalue weighted by Crippen LogP contribution is 2.53. The second kappa shape index (κ2) is 9.97. The summed E-state index contributed by atoms with van der Waals surface area (Å²) in [4.78, 5) is 10.7. The molecule has 0 N–H and O–H groups in total. The lowest BCUT2D eigenvalue weighted by Crippen LogP contribution is -2.14. The molecule has 1 aliphatic rings. The molecule has 9 aromatic rings. The van der Waals surface area contributed by atoms with Gasteiger partial charge in [-0.05, 0) is 56.8 Å². The highest BCUT2D eigenvalue weighted by atomic mass is 15.1. The number of hydrogen-bond acceptors (Lipinski definition) is 2. The van der Waals surface area contributed by atoms with Crippen LogP contribution in [0.4, 0.5) is 0 Å². The molecule has 2 heterocycles. The van der Waals surface area contributed by atoms with E-state index in [0.29, 0.717) is 0 Å². The van der Waals surface area contributed by atoms with Gasteiger partial charge in [0.15, 0.2) is 5.82 Å². The Balaban J connectivity index is 1.41. The predicted molar refractivity (Wildman–Crippen MR) is 200 cm³/mol. The minimum Gasteiger partial charge on any atom is -0.291 e. The van der Waals surface area contributed by atoms with Crippen molar-refractivity contribution in [2.45, 2.75) is 19.3 Å². The summed E-state index contributed by atoms with van der Waals surface area (Å²) < 4.78 is 2.39. The summed E-state index contributed by atoms with van der Waals surface area (Å²) in [6.07, 6.45) is 0. The molecular weight excluding hydrogens is 583 g/mol. The normalized spacial score (nSPS) is 13.4. The maximum Gasteiger partial charge on any atom is 0.165 e. The van der Waals surface area contributed by atoms with Crippen LogP contribution in [-0.2, 0) is 5.41 Å². The maximum atomic E-state index is 5.44. The average Bonchev–Trinajstić information content (AvgIpc) is 3.61. The fraction of sp³-hybridized carbons (Fsp3) is 0.0667. The van der Waals surface area contributed by atoms with Gasteiger partial charge in [-0.2, -0.15) is 0 Å². The molecule has 0 fully saturated rings. The van der Waals surface area contributed by atoms with Gasteiger partial charge in [0, 0.05) is 27.3 Å². The molecule has 2 aromatic heterocycles. The Kier molecular flexibility index (Phi) is 5.63. The second-order valence-corrected chi connectivity index (χ2v) is 13.4. The smallest absolute Gasteiger partial charge is 0.165 e. The van der Waals surface area contributed by atoms with E-state index >= 15 is 0 Å². The number of aromatic nitrogens is 3. The number of benzene rings is 7. The lowest BCUT2D eigenvalue weighted by molar-refractivity contribution is 0.660. The largest absolute Gasteiger partial charge is 0.291 e. The van der Waals surface area contributed by atoms with Crippen molar-refractivity contribution in [2.24, 2.45) is 0 Å². The number of hydrogen-bond donors (Lipinski definition) is 0.